The molecule has 2 aromatic heterocycles. The molecule has 3 aliphatic rings. The van der Waals surface area contributed by atoms with Crippen molar-refractivity contribution in [3.8, 4) is 0 Å². The largest absolute Gasteiger partial charge is 0.355 e. The van der Waals surface area contributed by atoms with Crippen LogP contribution in [-0.2, 0) is 0 Å². The Bertz CT molecular complexity index is 2260. The van der Waals surface area contributed by atoms with Crippen molar-refractivity contribution in [2.45, 2.75) is 38.3 Å². The lowest BCUT2D eigenvalue weighted by Gasteiger charge is -2.39. The number of rotatable bonds is 6. The SMILES string of the molecule is CC1CC=CN2C(=C1c1ccccc1)c1c(C(=O)Nc3cccnc3N3CCC(NC(=O)N(C)C)CC3)[nH]c3cc(Cl)cc(c13)C2c1ccc(Cl)cc1. The Morgan fingerprint density at radius 3 is 2.43 bits per heavy atom. The predicted octanol–water partition coefficient (Wildman–Crippen LogP) is 9.19. The Labute approximate surface area is 319 Å². The van der Waals surface area contributed by atoms with Crippen molar-refractivity contribution in [1.82, 2.24) is 25.1 Å². The van der Waals surface area contributed by atoms with Crippen molar-refractivity contribution in [2.24, 2.45) is 5.92 Å². The van der Waals surface area contributed by atoms with Gasteiger partial charge in [-0.15, -0.1) is 0 Å². The van der Waals surface area contributed by atoms with E-state index in [0.29, 0.717) is 40.3 Å². The molecule has 8 rings (SSSR count). The number of urea groups is 1. The molecule has 11 heteroatoms. The van der Waals surface area contributed by atoms with Crippen molar-refractivity contribution in [1.29, 1.82) is 0 Å². The van der Waals surface area contributed by atoms with Crippen LogP contribution in [0.2, 0.25) is 10.0 Å². The first kappa shape index (κ1) is 34.8. The highest BCUT2D eigenvalue weighted by atomic mass is 35.5. The van der Waals surface area contributed by atoms with Crippen LogP contribution >= 0.6 is 23.2 Å². The van der Waals surface area contributed by atoms with Gasteiger partial charge in [0, 0.05) is 72.1 Å². The number of aromatic amines is 1. The Morgan fingerprint density at radius 1 is 0.943 bits per heavy atom. The third-order valence-corrected chi connectivity index (χ3v) is 11.0. The monoisotopic (exact) mass is 745 g/mol. The second-order valence-electron chi connectivity index (χ2n) is 14.2. The van der Waals surface area contributed by atoms with Crippen molar-refractivity contribution in [2.75, 3.05) is 37.4 Å². The fourth-order valence-electron chi connectivity index (χ4n) is 8.02. The van der Waals surface area contributed by atoms with Crippen LogP contribution < -0.4 is 15.5 Å². The molecule has 3 aromatic carbocycles. The van der Waals surface area contributed by atoms with Gasteiger partial charge in [-0.25, -0.2) is 9.78 Å². The molecule has 0 spiro atoms. The smallest absolute Gasteiger partial charge is 0.317 e. The molecule has 5 heterocycles. The van der Waals surface area contributed by atoms with Gasteiger partial charge in [0.1, 0.15) is 5.69 Å². The van der Waals surface area contributed by atoms with Crippen LogP contribution in [0.4, 0.5) is 16.3 Å². The number of nitrogens with one attached hydrogen (secondary N) is 3. The third-order valence-electron chi connectivity index (χ3n) is 10.5. The van der Waals surface area contributed by atoms with Crippen molar-refractivity contribution in [3.05, 3.63) is 135 Å². The van der Waals surface area contributed by atoms with Crippen LogP contribution in [0, 0.1) is 5.92 Å². The van der Waals surface area contributed by atoms with Gasteiger partial charge < -0.3 is 30.3 Å². The molecule has 0 saturated carbocycles. The zero-order valence-corrected chi connectivity index (χ0v) is 31.4. The second-order valence-corrected chi connectivity index (χ2v) is 15.1. The lowest BCUT2D eigenvalue weighted by molar-refractivity contribution is 0.102. The van der Waals surface area contributed by atoms with Gasteiger partial charge >= 0.3 is 6.03 Å². The molecular formula is C42H41Cl2N7O2. The number of piperidine rings is 1. The number of hydrogen-bond donors (Lipinski definition) is 3. The molecule has 9 nitrogen and oxygen atoms in total. The number of amides is 3. The van der Waals surface area contributed by atoms with Crippen LogP contribution in [0.25, 0.3) is 22.2 Å². The highest BCUT2D eigenvalue weighted by Gasteiger charge is 2.40. The van der Waals surface area contributed by atoms with E-state index in [4.69, 9.17) is 28.2 Å². The highest BCUT2D eigenvalue weighted by molar-refractivity contribution is 6.32. The van der Waals surface area contributed by atoms with Crippen LogP contribution in [0.3, 0.4) is 0 Å². The first-order chi connectivity index (χ1) is 25.7. The Morgan fingerprint density at radius 2 is 1.70 bits per heavy atom. The number of aromatic nitrogens is 2. The van der Waals surface area contributed by atoms with Crippen molar-refractivity contribution >= 4 is 68.8 Å². The summed E-state index contributed by atoms with van der Waals surface area (Å²) in [5, 5.41) is 8.55. The highest BCUT2D eigenvalue weighted by Crippen LogP contribution is 2.53. The standard InChI is InChI=1S/C42H41Cl2N7O2/c1-25-9-8-20-51-38(27-13-15-28(43)16-14-27)31-23-29(44)24-33-35(31)36(39(51)34(25)26-10-5-4-6-11-26)37(47-33)41(52)48-32-12-7-19-45-40(32)50-21-17-30(18-22-50)46-42(53)49(2)3/h4-8,10-16,19-20,23-25,30,38,47H,9,17-18,21-22H2,1-3H3,(H,46,53)(H,48,52). The van der Waals surface area contributed by atoms with Crippen LogP contribution in [0.15, 0.2) is 97.3 Å². The first-order valence-corrected chi connectivity index (χ1v) is 18.8. The maximum absolute atomic E-state index is 14.8. The number of nitrogens with zero attached hydrogens (tertiary/aromatic N) is 4. The summed E-state index contributed by atoms with van der Waals surface area (Å²) in [5.74, 6) is 0.585. The predicted molar refractivity (Wildman–Crippen MR) is 214 cm³/mol. The molecule has 5 aromatic rings. The zero-order chi connectivity index (χ0) is 36.8. The molecule has 2 atom stereocenters. The van der Waals surface area contributed by atoms with E-state index in [-0.39, 0.29) is 29.9 Å². The fourth-order valence-corrected chi connectivity index (χ4v) is 8.37. The van der Waals surface area contributed by atoms with Gasteiger partial charge in [-0.2, -0.15) is 0 Å². The Hall–Kier alpha value is -5.25. The van der Waals surface area contributed by atoms with E-state index in [2.05, 4.69) is 81.0 Å². The van der Waals surface area contributed by atoms with Gasteiger partial charge in [-0.1, -0.05) is 78.7 Å². The van der Waals surface area contributed by atoms with Crippen molar-refractivity contribution < 1.29 is 9.59 Å². The van der Waals surface area contributed by atoms with Gasteiger partial charge in [0.05, 0.1) is 17.4 Å². The average molecular weight is 747 g/mol. The summed E-state index contributed by atoms with van der Waals surface area (Å²) in [6.45, 7) is 3.63. The molecule has 0 aliphatic carbocycles. The second kappa shape index (κ2) is 14.3. The number of carbonyl (C=O) groups is 2. The first-order valence-electron chi connectivity index (χ1n) is 18.0. The van der Waals surface area contributed by atoms with Gasteiger partial charge in [0.15, 0.2) is 5.82 Å². The van der Waals surface area contributed by atoms with Crippen LogP contribution in [0.1, 0.15) is 65.0 Å². The van der Waals surface area contributed by atoms with E-state index in [1.54, 1.807) is 25.2 Å². The maximum atomic E-state index is 14.8. The van der Waals surface area contributed by atoms with Gasteiger partial charge in [-0.3, -0.25) is 4.79 Å². The van der Waals surface area contributed by atoms with E-state index >= 15 is 0 Å². The summed E-state index contributed by atoms with van der Waals surface area (Å²) in [5.41, 5.74) is 8.02. The quantitative estimate of drug-likeness (QED) is 0.161. The van der Waals surface area contributed by atoms with Crippen LogP contribution in [-0.4, -0.2) is 64.9 Å². The van der Waals surface area contributed by atoms with E-state index in [1.807, 2.05) is 42.5 Å². The Balaban J connectivity index is 1.25. The fraction of sp³-hybridized carbons (Fsp3) is 0.262. The molecule has 270 valence electrons. The number of pyridine rings is 1. The lowest BCUT2D eigenvalue weighted by atomic mass is 9.82. The number of H-pyrrole nitrogens is 1. The number of halogens is 2. The maximum Gasteiger partial charge on any atom is 0.317 e. The van der Waals surface area contributed by atoms with Gasteiger partial charge in [-0.05, 0) is 83.8 Å². The summed E-state index contributed by atoms with van der Waals surface area (Å²) >= 11 is 13.3. The number of anilines is 2. The number of fused-ring (bicyclic) bond motifs is 2. The zero-order valence-electron chi connectivity index (χ0n) is 29.9. The molecule has 53 heavy (non-hydrogen) atoms. The number of allylic oxidation sites excluding steroid dienone is 2. The molecule has 2 unspecified atom stereocenters. The number of hydrogen-bond acceptors (Lipinski definition) is 5. The van der Waals surface area contributed by atoms with E-state index in [1.165, 1.54) is 0 Å². The van der Waals surface area contributed by atoms with E-state index in [0.717, 1.165) is 63.7 Å². The van der Waals surface area contributed by atoms with Crippen molar-refractivity contribution in [3.63, 3.8) is 0 Å². The lowest BCUT2D eigenvalue weighted by Crippen LogP contribution is -2.47. The molecule has 0 bridgehead atoms. The summed E-state index contributed by atoms with van der Waals surface area (Å²) in [4.78, 5) is 41.3. The normalized spacial score (nSPS) is 18.5. The summed E-state index contributed by atoms with van der Waals surface area (Å²) in [6, 6.07) is 25.8. The molecule has 1 fully saturated rings. The summed E-state index contributed by atoms with van der Waals surface area (Å²) in [7, 11) is 3.48. The topological polar surface area (TPSA) is 96.6 Å². The van der Waals surface area contributed by atoms with E-state index in [9.17, 15) is 9.59 Å². The van der Waals surface area contributed by atoms with E-state index < -0.39 is 0 Å². The number of carbonyl (C=O) groups excluding carboxylic acids is 2. The molecule has 0 radical (unpaired) electrons. The average Bonchev–Trinajstić information content (AvgIpc) is 3.45. The summed E-state index contributed by atoms with van der Waals surface area (Å²) < 4.78 is 0. The number of benzene rings is 3. The minimum absolute atomic E-state index is 0.0751. The van der Waals surface area contributed by atoms with Gasteiger partial charge in [0.25, 0.3) is 5.91 Å². The Kier molecular flexibility index (Phi) is 9.39. The molecule has 3 amide bonds. The third kappa shape index (κ3) is 6.53. The molecule has 1 saturated heterocycles. The van der Waals surface area contributed by atoms with Crippen LogP contribution in [0.5, 0.6) is 0 Å². The van der Waals surface area contributed by atoms with Gasteiger partial charge in [0.2, 0.25) is 0 Å². The minimum atomic E-state index is -0.272. The molecule has 3 N–H and O–H groups in total. The minimum Gasteiger partial charge on any atom is -0.355 e. The molecule has 3 aliphatic heterocycles. The molecular weight excluding hydrogens is 705 g/mol. The summed E-state index contributed by atoms with van der Waals surface area (Å²) in [6.07, 6.45) is 8.50.